The Morgan fingerprint density at radius 2 is 1.96 bits per heavy atom. The number of nitrogens with two attached hydrogens (primary N) is 1. The number of aliphatic hydroxyl groups excluding tert-OH is 1. The van der Waals surface area contributed by atoms with Crippen LogP contribution in [0.5, 0.6) is 0 Å². The maximum atomic E-state index is 14.0. The summed E-state index contributed by atoms with van der Waals surface area (Å²) in [6.07, 6.45) is -3.24. The van der Waals surface area contributed by atoms with Crippen molar-refractivity contribution in [1.29, 1.82) is 5.41 Å². The molecule has 0 radical (unpaired) electrons. The van der Waals surface area contributed by atoms with E-state index >= 15 is 0 Å². The van der Waals surface area contributed by atoms with E-state index in [1.165, 1.54) is 42.5 Å². The van der Waals surface area contributed by atoms with Gasteiger partial charge in [-0.15, -0.1) is 0 Å². The average molecular weight is 386 g/mol. The fourth-order valence-corrected chi connectivity index (χ4v) is 2.83. The SMILES string of the molecule is N=C(N)c1ccc(NC(=O)[C@H](O)[C@H]2OCCN(c3ccccc3F)C2=O)cc1. The van der Waals surface area contributed by atoms with E-state index in [4.69, 9.17) is 15.9 Å². The molecule has 2 atom stereocenters. The summed E-state index contributed by atoms with van der Waals surface area (Å²) < 4.78 is 19.3. The number of morpholine rings is 1. The smallest absolute Gasteiger partial charge is 0.259 e. The van der Waals surface area contributed by atoms with Crippen molar-refractivity contribution in [2.45, 2.75) is 12.2 Å². The number of amidine groups is 1. The summed E-state index contributed by atoms with van der Waals surface area (Å²) in [4.78, 5) is 26.1. The third-order valence-electron chi connectivity index (χ3n) is 4.28. The van der Waals surface area contributed by atoms with Crippen LogP contribution in [0, 0.1) is 11.2 Å². The number of nitrogens with one attached hydrogen (secondary N) is 2. The molecule has 3 rings (SSSR count). The van der Waals surface area contributed by atoms with E-state index in [9.17, 15) is 19.1 Å². The molecule has 5 N–H and O–H groups in total. The number of aliphatic hydroxyl groups is 1. The highest BCUT2D eigenvalue weighted by molar-refractivity contribution is 6.04. The number of para-hydroxylation sites is 1. The number of ether oxygens (including phenoxy) is 1. The van der Waals surface area contributed by atoms with Crippen LogP contribution in [0.4, 0.5) is 15.8 Å². The Kier molecular flexibility index (Phi) is 5.67. The predicted molar refractivity (Wildman–Crippen MR) is 101 cm³/mol. The van der Waals surface area contributed by atoms with Crippen LogP contribution in [-0.2, 0) is 14.3 Å². The number of rotatable bonds is 5. The van der Waals surface area contributed by atoms with Gasteiger partial charge in [0.05, 0.1) is 12.3 Å². The van der Waals surface area contributed by atoms with Crippen LogP contribution in [0.1, 0.15) is 5.56 Å². The first-order valence-electron chi connectivity index (χ1n) is 8.49. The van der Waals surface area contributed by atoms with Crippen LogP contribution in [0.3, 0.4) is 0 Å². The number of hydrogen-bond donors (Lipinski definition) is 4. The van der Waals surface area contributed by atoms with Gasteiger partial charge in [-0.25, -0.2) is 4.39 Å². The Bertz CT molecular complexity index is 903. The first-order chi connectivity index (χ1) is 13.4. The van der Waals surface area contributed by atoms with E-state index < -0.39 is 29.8 Å². The Morgan fingerprint density at radius 3 is 2.61 bits per heavy atom. The number of anilines is 2. The molecule has 0 aliphatic carbocycles. The molecule has 1 heterocycles. The molecule has 146 valence electrons. The standard InChI is InChI=1S/C19H19FN4O4/c20-13-3-1-2-4-14(13)24-9-10-28-16(19(24)27)15(25)18(26)23-12-7-5-11(6-8-12)17(21)22/h1-8,15-16,25H,9-10H2,(H3,21,22)(H,23,26)/t15-,16-/m1/s1. The molecule has 1 aliphatic rings. The van der Waals surface area contributed by atoms with E-state index in [0.717, 1.165) is 4.90 Å². The second kappa shape index (κ2) is 8.15. The van der Waals surface area contributed by atoms with Crippen LogP contribution in [0.15, 0.2) is 48.5 Å². The van der Waals surface area contributed by atoms with Crippen molar-refractivity contribution in [3.63, 3.8) is 0 Å². The summed E-state index contributed by atoms with van der Waals surface area (Å²) in [6.45, 7) is 0.152. The molecule has 2 aromatic carbocycles. The van der Waals surface area contributed by atoms with Gasteiger partial charge in [-0.05, 0) is 36.4 Å². The Hall–Kier alpha value is -3.30. The lowest BCUT2D eigenvalue weighted by molar-refractivity contribution is -0.150. The summed E-state index contributed by atoms with van der Waals surface area (Å²) in [5.41, 5.74) is 6.26. The van der Waals surface area contributed by atoms with E-state index in [1.54, 1.807) is 6.07 Å². The summed E-state index contributed by atoms with van der Waals surface area (Å²) in [5, 5.41) is 20.1. The molecule has 28 heavy (non-hydrogen) atoms. The molecule has 8 nitrogen and oxygen atoms in total. The van der Waals surface area contributed by atoms with Crippen LogP contribution in [0.2, 0.25) is 0 Å². The van der Waals surface area contributed by atoms with Crippen LogP contribution in [-0.4, -0.2) is 48.1 Å². The highest BCUT2D eigenvalue weighted by Gasteiger charge is 2.39. The third-order valence-corrected chi connectivity index (χ3v) is 4.28. The first kappa shape index (κ1) is 19.5. The van der Waals surface area contributed by atoms with Crippen LogP contribution < -0.4 is 16.0 Å². The average Bonchev–Trinajstić information content (AvgIpc) is 2.68. The number of nitrogen functional groups attached to an aromatic ring is 1. The van der Waals surface area contributed by atoms with E-state index in [-0.39, 0.29) is 24.7 Å². The van der Waals surface area contributed by atoms with Crippen molar-refractivity contribution in [2.75, 3.05) is 23.4 Å². The van der Waals surface area contributed by atoms with Gasteiger partial charge in [-0.3, -0.25) is 15.0 Å². The molecule has 2 aromatic rings. The first-order valence-corrected chi connectivity index (χ1v) is 8.49. The third kappa shape index (κ3) is 4.00. The van der Waals surface area contributed by atoms with Crippen molar-refractivity contribution in [3.05, 3.63) is 59.9 Å². The van der Waals surface area contributed by atoms with E-state index in [1.807, 2.05) is 0 Å². The van der Waals surface area contributed by atoms with Crippen molar-refractivity contribution in [2.24, 2.45) is 5.73 Å². The lowest BCUT2D eigenvalue weighted by Crippen LogP contribution is -2.55. The van der Waals surface area contributed by atoms with Crippen molar-refractivity contribution in [1.82, 2.24) is 0 Å². The fraction of sp³-hybridized carbons (Fsp3) is 0.211. The number of carbonyl (C=O) groups is 2. The van der Waals surface area contributed by atoms with Gasteiger partial charge in [-0.2, -0.15) is 0 Å². The molecule has 0 saturated carbocycles. The topological polar surface area (TPSA) is 129 Å². The molecule has 1 fully saturated rings. The molecule has 0 spiro atoms. The van der Waals surface area contributed by atoms with Gasteiger partial charge >= 0.3 is 0 Å². The monoisotopic (exact) mass is 386 g/mol. The van der Waals surface area contributed by atoms with Crippen LogP contribution in [0.25, 0.3) is 0 Å². The zero-order chi connectivity index (χ0) is 20.3. The zero-order valence-electron chi connectivity index (χ0n) is 14.8. The van der Waals surface area contributed by atoms with Gasteiger partial charge < -0.3 is 25.8 Å². The summed E-state index contributed by atoms with van der Waals surface area (Å²) in [7, 11) is 0. The van der Waals surface area contributed by atoms with Gasteiger partial charge in [0.1, 0.15) is 11.7 Å². The number of halogens is 1. The molecule has 2 amide bonds. The lowest BCUT2D eigenvalue weighted by Gasteiger charge is -2.34. The minimum Gasteiger partial charge on any atom is -0.384 e. The molecule has 1 aliphatic heterocycles. The van der Waals surface area contributed by atoms with E-state index in [0.29, 0.717) is 11.3 Å². The molecule has 0 unspecified atom stereocenters. The van der Waals surface area contributed by atoms with Crippen molar-refractivity contribution in [3.8, 4) is 0 Å². The minimum atomic E-state index is -1.78. The van der Waals surface area contributed by atoms with Gasteiger partial charge in [0.2, 0.25) is 0 Å². The molecular formula is C19H19FN4O4. The summed E-state index contributed by atoms with van der Waals surface area (Å²) >= 11 is 0. The second-order valence-electron chi connectivity index (χ2n) is 6.16. The van der Waals surface area contributed by atoms with Gasteiger partial charge in [0.15, 0.2) is 12.2 Å². The van der Waals surface area contributed by atoms with Gasteiger partial charge in [0, 0.05) is 17.8 Å². The maximum absolute atomic E-state index is 14.0. The zero-order valence-corrected chi connectivity index (χ0v) is 14.8. The Balaban J connectivity index is 1.71. The normalized spacial score (nSPS) is 17.9. The molecule has 0 aromatic heterocycles. The van der Waals surface area contributed by atoms with Gasteiger partial charge in [0.25, 0.3) is 11.8 Å². The van der Waals surface area contributed by atoms with Crippen molar-refractivity contribution >= 4 is 29.0 Å². The Morgan fingerprint density at radius 1 is 1.29 bits per heavy atom. The number of nitrogens with zero attached hydrogens (tertiary/aromatic N) is 1. The fourth-order valence-electron chi connectivity index (χ4n) is 2.83. The number of benzene rings is 2. The summed E-state index contributed by atoms with van der Waals surface area (Å²) in [5.74, 6) is -2.25. The lowest BCUT2D eigenvalue weighted by atomic mass is 10.1. The second-order valence-corrected chi connectivity index (χ2v) is 6.16. The molecule has 0 bridgehead atoms. The quantitative estimate of drug-likeness (QED) is 0.447. The molecule has 9 heteroatoms. The summed E-state index contributed by atoms with van der Waals surface area (Å²) in [6, 6.07) is 11.8. The van der Waals surface area contributed by atoms with Crippen molar-refractivity contribution < 1.29 is 23.8 Å². The highest BCUT2D eigenvalue weighted by atomic mass is 19.1. The van der Waals surface area contributed by atoms with E-state index in [2.05, 4.69) is 5.32 Å². The Labute approximate surface area is 160 Å². The van der Waals surface area contributed by atoms with Gasteiger partial charge in [-0.1, -0.05) is 12.1 Å². The van der Waals surface area contributed by atoms with Crippen LogP contribution >= 0.6 is 0 Å². The molecular weight excluding hydrogens is 367 g/mol. The minimum absolute atomic E-state index is 0.0440. The number of hydrogen-bond acceptors (Lipinski definition) is 5. The largest absolute Gasteiger partial charge is 0.384 e. The predicted octanol–water partition coefficient (Wildman–Crippen LogP) is 0.841. The number of carbonyl (C=O) groups excluding carboxylic acids is 2. The molecule has 1 saturated heterocycles. The highest BCUT2D eigenvalue weighted by Crippen LogP contribution is 2.23. The maximum Gasteiger partial charge on any atom is 0.259 e. The number of amides is 2.